The quantitative estimate of drug-likeness (QED) is 0.481. The number of methoxy groups -OCH3 is 2. The van der Waals surface area contributed by atoms with Crippen LogP contribution >= 0.6 is 23.2 Å². The van der Waals surface area contributed by atoms with Gasteiger partial charge in [-0.2, -0.15) is 0 Å². The van der Waals surface area contributed by atoms with Crippen molar-refractivity contribution in [2.45, 2.75) is 55.6 Å². The molecule has 11 heteroatoms. The van der Waals surface area contributed by atoms with Gasteiger partial charge >= 0.3 is 0 Å². The summed E-state index contributed by atoms with van der Waals surface area (Å²) in [6.45, 7) is 1.83. The summed E-state index contributed by atoms with van der Waals surface area (Å²) in [5.41, 5.74) is 0. The number of likely N-dealkylation sites (tertiary alicyclic amines) is 1. The first-order valence-electron chi connectivity index (χ1n) is 12.3. The summed E-state index contributed by atoms with van der Waals surface area (Å²) < 4.78 is 44.5. The van der Waals surface area contributed by atoms with Crippen molar-refractivity contribution >= 4 is 39.1 Å². The zero-order chi connectivity index (χ0) is 26.6. The molecule has 1 saturated carbocycles. The van der Waals surface area contributed by atoms with Crippen molar-refractivity contribution in [3.05, 3.63) is 46.4 Å². The first-order valence-corrected chi connectivity index (χ1v) is 14.6. The van der Waals surface area contributed by atoms with Gasteiger partial charge in [-0.25, -0.2) is 13.1 Å². The summed E-state index contributed by atoms with van der Waals surface area (Å²) in [6.07, 6.45) is 4.90. The van der Waals surface area contributed by atoms with Gasteiger partial charge in [0, 0.05) is 37.2 Å². The van der Waals surface area contributed by atoms with Gasteiger partial charge < -0.3 is 19.1 Å². The van der Waals surface area contributed by atoms with E-state index in [0.717, 1.165) is 44.5 Å². The first-order chi connectivity index (χ1) is 17.7. The molecule has 0 bridgehead atoms. The molecule has 202 valence electrons. The molecule has 37 heavy (non-hydrogen) atoms. The number of rotatable bonds is 8. The van der Waals surface area contributed by atoms with Crippen LogP contribution in [0.15, 0.2) is 41.3 Å². The standard InChI is InChI=1S/C26H32Cl2N2O6S/c1-34-20-8-10-24(35-2)25(16-20)37(32,33)29-26(31)17-3-5-18(6-4-17)30-13-11-19(12-14-30)36-21-7-9-22(27)23(28)15-21/h7-10,15-19H,3-6,11-14H2,1-2H3,(H,29,31). The monoisotopic (exact) mass is 570 g/mol. The highest BCUT2D eigenvalue weighted by molar-refractivity contribution is 7.90. The molecule has 1 aliphatic heterocycles. The molecule has 0 unspecified atom stereocenters. The van der Waals surface area contributed by atoms with Crippen LogP contribution in [0.25, 0.3) is 0 Å². The Hall–Kier alpha value is -2.20. The molecule has 8 nitrogen and oxygen atoms in total. The maximum atomic E-state index is 12.9. The van der Waals surface area contributed by atoms with Crippen molar-refractivity contribution in [3.8, 4) is 17.2 Å². The molecule has 0 radical (unpaired) electrons. The fourth-order valence-corrected chi connectivity index (χ4v) is 6.59. The molecule has 4 rings (SSSR count). The maximum absolute atomic E-state index is 12.9. The number of carbonyl (C=O) groups is 1. The molecule has 2 aromatic rings. The number of nitrogens with one attached hydrogen (secondary N) is 1. The Labute approximate surface area is 228 Å². The molecule has 1 heterocycles. The minimum atomic E-state index is -4.10. The van der Waals surface area contributed by atoms with Gasteiger partial charge in [-0.05, 0) is 62.8 Å². The third-order valence-electron chi connectivity index (χ3n) is 7.15. The van der Waals surface area contributed by atoms with Crippen LogP contribution in [0, 0.1) is 5.92 Å². The number of hydrogen-bond donors (Lipinski definition) is 1. The molecule has 1 amide bonds. The highest BCUT2D eigenvalue weighted by Crippen LogP contribution is 2.33. The van der Waals surface area contributed by atoms with Crippen LogP contribution in [-0.4, -0.2) is 58.7 Å². The number of nitrogens with zero attached hydrogens (tertiary/aromatic N) is 1. The summed E-state index contributed by atoms with van der Waals surface area (Å²) >= 11 is 12.1. The molecule has 0 spiro atoms. The lowest BCUT2D eigenvalue weighted by Crippen LogP contribution is -2.46. The topological polar surface area (TPSA) is 94.2 Å². The second-order valence-electron chi connectivity index (χ2n) is 9.42. The highest BCUT2D eigenvalue weighted by Gasteiger charge is 2.34. The lowest BCUT2D eigenvalue weighted by molar-refractivity contribution is -0.124. The number of ether oxygens (including phenoxy) is 3. The SMILES string of the molecule is COc1ccc(OC)c(S(=O)(=O)NC(=O)C2CCC(N3CCC(Oc4ccc(Cl)c(Cl)c4)CC3)CC2)c1. The molecular formula is C26H32Cl2N2O6S. The van der Waals surface area contributed by atoms with E-state index in [2.05, 4.69) is 9.62 Å². The zero-order valence-electron chi connectivity index (χ0n) is 20.9. The minimum Gasteiger partial charge on any atom is -0.497 e. The molecule has 0 atom stereocenters. The van der Waals surface area contributed by atoms with E-state index in [4.69, 9.17) is 37.4 Å². The average Bonchev–Trinajstić information content (AvgIpc) is 2.90. The summed E-state index contributed by atoms with van der Waals surface area (Å²) in [7, 11) is -1.27. The molecule has 2 aromatic carbocycles. The fourth-order valence-electron chi connectivity index (χ4n) is 5.07. The van der Waals surface area contributed by atoms with Crippen molar-refractivity contribution in [1.82, 2.24) is 9.62 Å². The lowest BCUT2D eigenvalue weighted by Gasteiger charge is -2.40. The largest absolute Gasteiger partial charge is 0.497 e. The average molecular weight is 572 g/mol. The molecule has 1 saturated heterocycles. The van der Waals surface area contributed by atoms with E-state index >= 15 is 0 Å². The van der Waals surface area contributed by atoms with Crippen LogP contribution < -0.4 is 18.9 Å². The smallest absolute Gasteiger partial charge is 0.267 e. The van der Waals surface area contributed by atoms with Crippen LogP contribution in [0.2, 0.25) is 10.0 Å². The van der Waals surface area contributed by atoms with Gasteiger partial charge in [-0.1, -0.05) is 23.2 Å². The third-order valence-corrected chi connectivity index (χ3v) is 9.26. The Balaban J connectivity index is 1.26. The normalized spacial score (nSPS) is 21.3. The van der Waals surface area contributed by atoms with Gasteiger partial charge in [0.2, 0.25) is 5.91 Å². The van der Waals surface area contributed by atoms with Gasteiger partial charge in [-0.15, -0.1) is 0 Å². The summed E-state index contributed by atoms with van der Waals surface area (Å²) in [5, 5.41) is 0.985. The van der Waals surface area contributed by atoms with Gasteiger partial charge in [0.25, 0.3) is 10.0 Å². The van der Waals surface area contributed by atoms with Crippen molar-refractivity contribution in [2.75, 3.05) is 27.3 Å². The van der Waals surface area contributed by atoms with Crippen LogP contribution in [0.4, 0.5) is 0 Å². The van der Waals surface area contributed by atoms with E-state index in [0.29, 0.717) is 34.7 Å². The van der Waals surface area contributed by atoms with Crippen molar-refractivity contribution in [2.24, 2.45) is 5.92 Å². The number of hydrogen-bond acceptors (Lipinski definition) is 7. The number of sulfonamides is 1. The van der Waals surface area contributed by atoms with Gasteiger partial charge in [0.05, 0.1) is 24.3 Å². The van der Waals surface area contributed by atoms with Crippen molar-refractivity contribution < 1.29 is 27.4 Å². The second kappa shape index (κ2) is 12.1. The van der Waals surface area contributed by atoms with Crippen molar-refractivity contribution in [1.29, 1.82) is 0 Å². The predicted molar refractivity (Wildman–Crippen MR) is 142 cm³/mol. The molecule has 0 aromatic heterocycles. The third kappa shape index (κ3) is 6.82. The van der Waals surface area contributed by atoms with Gasteiger partial charge in [0.15, 0.2) is 0 Å². The Bertz CT molecular complexity index is 1210. The molecule has 1 aliphatic carbocycles. The van der Waals surface area contributed by atoms with E-state index in [1.165, 1.54) is 26.4 Å². The van der Waals surface area contributed by atoms with E-state index in [1.54, 1.807) is 18.2 Å². The van der Waals surface area contributed by atoms with Crippen LogP contribution in [0.3, 0.4) is 0 Å². The Morgan fingerprint density at radius 1 is 0.892 bits per heavy atom. The molecule has 1 N–H and O–H groups in total. The van der Waals surface area contributed by atoms with Crippen LogP contribution in [0.5, 0.6) is 17.2 Å². The predicted octanol–water partition coefficient (Wildman–Crippen LogP) is 4.92. The maximum Gasteiger partial charge on any atom is 0.267 e. The summed E-state index contributed by atoms with van der Waals surface area (Å²) in [6, 6.07) is 10.1. The van der Waals surface area contributed by atoms with Crippen LogP contribution in [0.1, 0.15) is 38.5 Å². The van der Waals surface area contributed by atoms with E-state index in [9.17, 15) is 13.2 Å². The second-order valence-corrected chi connectivity index (χ2v) is 11.9. The van der Waals surface area contributed by atoms with E-state index in [-0.39, 0.29) is 22.7 Å². The summed E-state index contributed by atoms with van der Waals surface area (Å²) in [5.74, 6) is 0.410. The number of piperidine rings is 1. The van der Waals surface area contributed by atoms with Crippen LogP contribution in [-0.2, 0) is 14.8 Å². The Kier molecular flexibility index (Phi) is 9.11. The highest BCUT2D eigenvalue weighted by atomic mass is 35.5. The minimum absolute atomic E-state index is 0.120. The molecule has 2 aliphatic rings. The van der Waals surface area contributed by atoms with Gasteiger partial charge in [0.1, 0.15) is 28.2 Å². The Morgan fingerprint density at radius 2 is 1.57 bits per heavy atom. The zero-order valence-corrected chi connectivity index (χ0v) is 23.2. The molecular weight excluding hydrogens is 539 g/mol. The lowest BCUT2D eigenvalue weighted by atomic mass is 9.84. The number of halogens is 2. The van der Waals surface area contributed by atoms with E-state index < -0.39 is 15.9 Å². The Morgan fingerprint density at radius 3 is 2.19 bits per heavy atom. The number of carbonyl (C=O) groups excluding carboxylic acids is 1. The van der Waals surface area contributed by atoms with E-state index in [1.807, 2.05) is 6.07 Å². The number of benzene rings is 2. The molecule has 2 fully saturated rings. The number of amides is 1. The summed E-state index contributed by atoms with van der Waals surface area (Å²) in [4.78, 5) is 15.2. The fraction of sp³-hybridized carbons (Fsp3) is 0.500. The van der Waals surface area contributed by atoms with Gasteiger partial charge in [-0.3, -0.25) is 4.79 Å². The van der Waals surface area contributed by atoms with Crippen molar-refractivity contribution in [3.63, 3.8) is 0 Å². The first kappa shape index (κ1) is 27.8.